The molecule has 0 saturated heterocycles. The minimum Gasteiger partial charge on any atom is -0.497 e. The van der Waals surface area contributed by atoms with Crippen LogP contribution in [0.15, 0.2) is 82.2 Å². The molecular weight excluding hydrogens is 392 g/mol. The fraction of sp³-hybridized carbons (Fsp3) is 0.0417. The van der Waals surface area contributed by atoms with Crippen molar-refractivity contribution in [2.75, 3.05) is 7.11 Å². The van der Waals surface area contributed by atoms with Crippen LogP contribution in [0, 0.1) is 0 Å². The van der Waals surface area contributed by atoms with E-state index in [4.69, 9.17) is 19.9 Å². The Morgan fingerprint density at radius 2 is 1.94 bits per heavy atom. The first kappa shape index (κ1) is 18.6. The van der Waals surface area contributed by atoms with Crippen LogP contribution in [-0.2, 0) is 0 Å². The Morgan fingerprint density at radius 1 is 1.06 bits per heavy atom. The Morgan fingerprint density at radius 3 is 2.74 bits per heavy atom. The number of rotatable bonds is 4. The van der Waals surface area contributed by atoms with Gasteiger partial charge in [-0.15, -0.1) is 0 Å². The molecule has 0 unspecified atom stereocenters. The third-order valence-electron chi connectivity index (χ3n) is 4.96. The van der Waals surface area contributed by atoms with E-state index >= 15 is 0 Å². The number of primary amides is 1. The first-order valence-corrected chi connectivity index (χ1v) is 9.62. The van der Waals surface area contributed by atoms with E-state index in [9.17, 15) is 4.79 Å². The summed E-state index contributed by atoms with van der Waals surface area (Å²) in [7, 11) is 1.60. The summed E-state index contributed by atoms with van der Waals surface area (Å²) in [4.78, 5) is 24.3. The molecule has 3 N–H and O–H groups in total. The van der Waals surface area contributed by atoms with E-state index in [-0.39, 0.29) is 0 Å². The number of para-hydroxylation sites is 2. The van der Waals surface area contributed by atoms with Gasteiger partial charge in [0.1, 0.15) is 17.2 Å². The lowest BCUT2D eigenvalue weighted by molar-refractivity contribution is 0.100. The summed E-state index contributed by atoms with van der Waals surface area (Å²) in [5.41, 5.74) is 9.73. The maximum absolute atomic E-state index is 11.6. The molecule has 152 valence electrons. The fourth-order valence-corrected chi connectivity index (χ4v) is 3.40. The summed E-state index contributed by atoms with van der Waals surface area (Å²) in [6.45, 7) is 0. The zero-order valence-electron chi connectivity index (χ0n) is 16.6. The molecule has 0 radical (unpaired) electrons. The summed E-state index contributed by atoms with van der Waals surface area (Å²) in [5.74, 6) is 0.789. The predicted octanol–water partition coefficient (Wildman–Crippen LogP) is 4.32. The number of H-pyrrole nitrogens is 1. The van der Waals surface area contributed by atoms with Gasteiger partial charge in [-0.3, -0.25) is 4.79 Å². The number of hydrogen-bond acceptors (Lipinski definition) is 5. The lowest BCUT2D eigenvalue weighted by Gasteiger charge is -2.05. The van der Waals surface area contributed by atoms with Gasteiger partial charge < -0.3 is 19.9 Å². The number of ether oxygens (including phenoxy) is 1. The van der Waals surface area contributed by atoms with Gasteiger partial charge in [-0.05, 0) is 48.5 Å². The van der Waals surface area contributed by atoms with Gasteiger partial charge in [0.05, 0.1) is 29.4 Å². The molecule has 0 fully saturated rings. The molecule has 5 aromatic rings. The number of fused-ring (bicyclic) bond motifs is 2. The van der Waals surface area contributed by atoms with Gasteiger partial charge in [-0.25, -0.2) is 9.98 Å². The lowest BCUT2D eigenvalue weighted by Crippen LogP contribution is -2.10. The molecule has 2 heterocycles. The van der Waals surface area contributed by atoms with Crippen molar-refractivity contribution < 1.29 is 13.9 Å². The SMILES string of the molecule is COc1ccc2cc(-c3nc4ccccc4[nH]3)c(=Nc3cccc(C(N)=O)c3)oc2c1. The van der Waals surface area contributed by atoms with Crippen LogP contribution in [0.1, 0.15) is 10.4 Å². The number of nitrogens with two attached hydrogens (primary N) is 1. The standard InChI is InChI=1S/C24H18N4O3/c1-30-17-10-9-14-12-18(23-27-19-7-2-3-8-20(19)28-23)24(31-21(14)13-17)26-16-6-4-5-15(11-16)22(25)29/h2-13H,1H3,(H2,25,29)(H,27,28). The van der Waals surface area contributed by atoms with E-state index in [0.29, 0.717) is 39.5 Å². The summed E-state index contributed by atoms with van der Waals surface area (Å²) in [6, 6.07) is 22.1. The maximum atomic E-state index is 11.6. The maximum Gasteiger partial charge on any atom is 0.248 e. The van der Waals surface area contributed by atoms with E-state index in [0.717, 1.165) is 16.4 Å². The minimum atomic E-state index is -0.519. The molecule has 1 amide bonds. The molecule has 0 atom stereocenters. The van der Waals surface area contributed by atoms with E-state index in [2.05, 4.69) is 9.98 Å². The van der Waals surface area contributed by atoms with Gasteiger partial charge in [0, 0.05) is 17.0 Å². The monoisotopic (exact) mass is 410 g/mol. The number of amides is 1. The quantitative estimate of drug-likeness (QED) is 0.460. The highest BCUT2D eigenvalue weighted by Crippen LogP contribution is 2.25. The zero-order valence-corrected chi connectivity index (χ0v) is 16.6. The first-order valence-electron chi connectivity index (χ1n) is 9.62. The molecule has 0 saturated carbocycles. The van der Waals surface area contributed by atoms with Crippen molar-refractivity contribution in [3.63, 3.8) is 0 Å². The third-order valence-corrected chi connectivity index (χ3v) is 4.96. The molecular formula is C24H18N4O3. The number of nitrogens with one attached hydrogen (secondary N) is 1. The number of imidazole rings is 1. The average molecular weight is 410 g/mol. The Labute approximate surface area is 176 Å². The van der Waals surface area contributed by atoms with Crippen LogP contribution in [0.2, 0.25) is 0 Å². The number of carbonyl (C=O) groups is 1. The molecule has 0 aliphatic heterocycles. The summed E-state index contributed by atoms with van der Waals surface area (Å²) in [6.07, 6.45) is 0. The van der Waals surface area contributed by atoms with Crippen LogP contribution in [-0.4, -0.2) is 23.0 Å². The molecule has 0 aliphatic carbocycles. The molecule has 2 aromatic heterocycles. The van der Waals surface area contributed by atoms with Crippen molar-refractivity contribution in [3.8, 4) is 17.1 Å². The normalized spacial score (nSPS) is 11.8. The van der Waals surface area contributed by atoms with E-state index in [1.165, 1.54) is 0 Å². The first-order chi connectivity index (χ1) is 15.1. The van der Waals surface area contributed by atoms with Crippen molar-refractivity contribution in [2.24, 2.45) is 10.7 Å². The molecule has 0 spiro atoms. The highest BCUT2D eigenvalue weighted by Gasteiger charge is 2.12. The predicted molar refractivity (Wildman–Crippen MR) is 118 cm³/mol. The molecule has 7 heteroatoms. The Balaban J connectivity index is 1.78. The third kappa shape index (κ3) is 3.53. The van der Waals surface area contributed by atoms with Crippen molar-refractivity contribution in [2.45, 2.75) is 0 Å². The Bertz CT molecular complexity index is 1480. The fourth-order valence-electron chi connectivity index (χ4n) is 3.40. The second-order valence-corrected chi connectivity index (χ2v) is 7.00. The van der Waals surface area contributed by atoms with Crippen LogP contribution in [0.4, 0.5) is 5.69 Å². The van der Waals surface area contributed by atoms with Crippen LogP contribution in [0.5, 0.6) is 5.75 Å². The number of methoxy groups -OCH3 is 1. The van der Waals surface area contributed by atoms with Gasteiger partial charge in [0.2, 0.25) is 11.5 Å². The largest absolute Gasteiger partial charge is 0.497 e. The summed E-state index contributed by atoms with van der Waals surface area (Å²) < 4.78 is 11.5. The summed E-state index contributed by atoms with van der Waals surface area (Å²) >= 11 is 0. The van der Waals surface area contributed by atoms with Crippen molar-refractivity contribution in [3.05, 3.63) is 83.9 Å². The number of benzene rings is 3. The minimum absolute atomic E-state index is 0.349. The van der Waals surface area contributed by atoms with Crippen LogP contribution in [0.25, 0.3) is 33.4 Å². The van der Waals surface area contributed by atoms with Crippen LogP contribution >= 0.6 is 0 Å². The van der Waals surface area contributed by atoms with Crippen LogP contribution < -0.4 is 16.0 Å². The van der Waals surface area contributed by atoms with Gasteiger partial charge in [0.15, 0.2) is 0 Å². The number of hydrogen-bond donors (Lipinski definition) is 2. The Kier molecular flexibility index (Phi) is 4.48. The molecule has 5 rings (SSSR count). The van der Waals surface area contributed by atoms with E-state index in [1.807, 2.05) is 42.5 Å². The average Bonchev–Trinajstić information content (AvgIpc) is 3.22. The molecule has 7 nitrogen and oxygen atoms in total. The summed E-state index contributed by atoms with van der Waals surface area (Å²) in [5, 5.41) is 0.876. The second kappa shape index (κ2) is 7.46. The van der Waals surface area contributed by atoms with Crippen LogP contribution in [0.3, 0.4) is 0 Å². The number of nitrogens with zero attached hydrogens (tertiary/aromatic N) is 2. The van der Waals surface area contributed by atoms with Gasteiger partial charge in [0.25, 0.3) is 0 Å². The van der Waals surface area contributed by atoms with Crippen molar-refractivity contribution in [1.82, 2.24) is 9.97 Å². The van der Waals surface area contributed by atoms with Gasteiger partial charge in [-0.1, -0.05) is 18.2 Å². The number of aromatic amines is 1. The Hall–Kier alpha value is -4.39. The molecule has 0 aliphatic rings. The van der Waals surface area contributed by atoms with Crippen molar-refractivity contribution >= 4 is 33.6 Å². The smallest absolute Gasteiger partial charge is 0.248 e. The number of aromatic nitrogens is 2. The van der Waals surface area contributed by atoms with Gasteiger partial charge in [-0.2, -0.15) is 0 Å². The van der Waals surface area contributed by atoms with E-state index < -0.39 is 5.91 Å². The van der Waals surface area contributed by atoms with E-state index in [1.54, 1.807) is 37.4 Å². The lowest BCUT2D eigenvalue weighted by atomic mass is 10.1. The van der Waals surface area contributed by atoms with Gasteiger partial charge >= 0.3 is 0 Å². The molecule has 31 heavy (non-hydrogen) atoms. The topological polar surface area (TPSA) is 106 Å². The van der Waals surface area contributed by atoms with Crippen molar-refractivity contribution in [1.29, 1.82) is 0 Å². The highest BCUT2D eigenvalue weighted by molar-refractivity contribution is 5.93. The molecule has 0 bridgehead atoms. The molecule has 3 aromatic carbocycles. The second-order valence-electron chi connectivity index (χ2n) is 7.00. The zero-order chi connectivity index (χ0) is 21.4. The highest BCUT2D eigenvalue weighted by atomic mass is 16.5. The number of carbonyl (C=O) groups excluding carboxylic acids is 1.